The van der Waals surface area contributed by atoms with E-state index < -0.39 is 5.97 Å². The van der Waals surface area contributed by atoms with Gasteiger partial charge in [0, 0.05) is 18.3 Å². The molecule has 0 saturated heterocycles. The van der Waals surface area contributed by atoms with E-state index in [1.807, 2.05) is 6.07 Å². The number of anilines is 1. The zero-order chi connectivity index (χ0) is 13.1. The van der Waals surface area contributed by atoms with Crippen LogP contribution >= 0.6 is 0 Å². The molecule has 3 heteroatoms. The minimum Gasteiger partial charge on any atom is -0.481 e. The second kappa shape index (κ2) is 5.42. The number of para-hydroxylation sites is 1. The largest absolute Gasteiger partial charge is 0.481 e. The van der Waals surface area contributed by atoms with E-state index in [-0.39, 0.29) is 12.5 Å². The van der Waals surface area contributed by atoms with Gasteiger partial charge in [-0.05, 0) is 30.4 Å². The maximum atomic E-state index is 11.0. The lowest BCUT2D eigenvalue weighted by molar-refractivity contribution is -0.137. The van der Waals surface area contributed by atoms with Crippen LogP contribution < -0.4 is 4.90 Å². The maximum absolute atomic E-state index is 11.0. The van der Waals surface area contributed by atoms with E-state index in [1.165, 1.54) is 11.3 Å². The van der Waals surface area contributed by atoms with E-state index in [2.05, 4.69) is 36.9 Å². The first-order valence-electron chi connectivity index (χ1n) is 6.68. The van der Waals surface area contributed by atoms with Gasteiger partial charge in [-0.25, -0.2) is 0 Å². The smallest absolute Gasteiger partial charge is 0.305 e. The van der Waals surface area contributed by atoms with Crippen molar-refractivity contribution >= 4 is 11.7 Å². The Hall–Kier alpha value is -1.51. The van der Waals surface area contributed by atoms with Gasteiger partial charge in [0.25, 0.3) is 0 Å². The number of fused-ring (bicyclic) bond motifs is 1. The minimum absolute atomic E-state index is 0.103. The Morgan fingerprint density at radius 3 is 2.89 bits per heavy atom. The highest BCUT2D eigenvalue weighted by Gasteiger charge is 2.27. The Balaban J connectivity index is 2.29. The van der Waals surface area contributed by atoms with Crippen LogP contribution in [0, 0.1) is 5.92 Å². The van der Waals surface area contributed by atoms with Crippen LogP contribution in [0.25, 0.3) is 0 Å². The highest BCUT2D eigenvalue weighted by Crippen LogP contribution is 2.32. The Bertz CT molecular complexity index is 430. The van der Waals surface area contributed by atoms with Crippen LogP contribution in [-0.4, -0.2) is 23.7 Å². The van der Waals surface area contributed by atoms with Gasteiger partial charge in [-0.3, -0.25) is 4.79 Å². The monoisotopic (exact) mass is 247 g/mol. The highest BCUT2D eigenvalue weighted by atomic mass is 16.4. The van der Waals surface area contributed by atoms with E-state index in [0.717, 1.165) is 19.4 Å². The molecule has 1 heterocycles. The molecule has 1 aromatic carbocycles. The van der Waals surface area contributed by atoms with E-state index in [0.29, 0.717) is 5.92 Å². The second-order valence-corrected chi connectivity index (χ2v) is 5.25. The number of benzene rings is 1. The summed E-state index contributed by atoms with van der Waals surface area (Å²) >= 11 is 0. The average molecular weight is 247 g/mol. The first kappa shape index (κ1) is 12.9. The fraction of sp³-hybridized carbons (Fsp3) is 0.533. The molecular formula is C15H21NO2. The molecule has 2 atom stereocenters. The maximum Gasteiger partial charge on any atom is 0.305 e. The van der Waals surface area contributed by atoms with Crippen molar-refractivity contribution in [2.24, 2.45) is 5.92 Å². The van der Waals surface area contributed by atoms with Gasteiger partial charge in [-0.1, -0.05) is 32.0 Å². The quantitative estimate of drug-likeness (QED) is 0.889. The lowest BCUT2D eigenvalue weighted by Gasteiger charge is -2.39. The molecule has 1 N–H and O–H groups in total. The summed E-state index contributed by atoms with van der Waals surface area (Å²) < 4.78 is 0. The van der Waals surface area contributed by atoms with E-state index in [1.54, 1.807) is 0 Å². The van der Waals surface area contributed by atoms with E-state index >= 15 is 0 Å². The number of carbonyl (C=O) groups is 1. The first-order chi connectivity index (χ1) is 8.61. The molecule has 3 nitrogen and oxygen atoms in total. The standard InChI is InChI=1S/C15H21NO2/c1-3-13(9-15(17)18)16-10-11(2)8-12-6-4-5-7-14(12)16/h4-7,11,13H,3,8-10H2,1-2H3,(H,17,18). The molecule has 0 bridgehead atoms. The average Bonchev–Trinajstić information content (AvgIpc) is 2.34. The third-order valence-corrected chi connectivity index (χ3v) is 3.70. The van der Waals surface area contributed by atoms with Crippen molar-refractivity contribution in [1.29, 1.82) is 0 Å². The lowest BCUT2D eigenvalue weighted by atomic mass is 9.91. The lowest BCUT2D eigenvalue weighted by Crippen LogP contribution is -2.43. The van der Waals surface area contributed by atoms with Crippen molar-refractivity contribution < 1.29 is 9.90 Å². The van der Waals surface area contributed by atoms with Crippen molar-refractivity contribution in [2.75, 3.05) is 11.4 Å². The predicted molar refractivity (Wildman–Crippen MR) is 73.0 cm³/mol. The van der Waals surface area contributed by atoms with E-state index in [4.69, 9.17) is 5.11 Å². The predicted octanol–water partition coefficient (Wildman–Crippen LogP) is 2.94. The summed E-state index contributed by atoms with van der Waals surface area (Å²) in [6.07, 6.45) is 2.18. The fourth-order valence-electron chi connectivity index (χ4n) is 2.86. The third-order valence-electron chi connectivity index (χ3n) is 3.70. The van der Waals surface area contributed by atoms with Gasteiger partial charge in [0.1, 0.15) is 0 Å². The third kappa shape index (κ3) is 2.66. The minimum atomic E-state index is -0.711. The topological polar surface area (TPSA) is 40.5 Å². The van der Waals surface area contributed by atoms with Gasteiger partial charge in [0.2, 0.25) is 0 Å². The van der Waals surface area contributed by atoms with Crippen molar-refractivity contribution in [3.05, 3.63) is 29.8 Å². The van der Waals surface area contributed by atoms with Crippen molar-refractivity contribution in [3.63, 3.8) is 0 Å². The molecule has 0 saturated carbocycles. The molecule has 0 aromatic heterocycles. The number of carboxylic acids is 1. The first-order valence-corrected chi connectivity index (χ1v) is 6.68. The molecule has 1 aliphatic heterocycles. The SMILES string of the molecule is CCC(CC(=O)O)N1CC(C)Cc2ccccc21. The van der Waals surface area contributed by atoms with Crippen LogP contribution in [-0.2, 0) is 11.2 Å². The number of aliphatic carboxylic acids is 1. The van der Waals surface area contributed by atoms with Crippen LogP contribution in [0.2, 0.25) is 0 Å². The molecule has 2 rings (SSSR count). The number of hydrogen-bond donors (Lipinski definition) is 1. The van der Waals surface area contributed by atoms with E-state index in [9.17, 15) is 4.79 Å². The van der Waals surface area contributed by atoms with Crippen LogP contribution in [0.4, 0.5) is 5.69 Å². The van der Waals surface area contributed by atoms with Crippen molar-refractivity contribution in [1.82, 2.24) is 0 Å². The van der Waals surface area contributed by atoms with Crippen LogP contribution in [0.15, 0.2) is 24.3 Å². The Morgan fingerprint density at radius 2 is 2.22 bits per heavy atom. The summed E-state index contributed by atoms with van der Waals surface area (Å²) in [6.45, 7) is 5.26. The van der Waals surface area contributed by atoms with Gasteiger partial charge >= 0.3 is 5.97 Å². The zero-order valence-electron chi connectivity index (χ0n) is 11.1. The molecule has 0 spiro atoms. The van der Waals surface area contributed by atoms with Gasteiger partial charge in [-0.15, -0.1) is 0 Å². The number of hydrogen-bond acceptors (Lipinski definition) is 2. The second-order valence-electron chi connectivity index (χ2n) is 5.25. The fourth-order valence-corrected chi connectivity index (χ4v) is 2.86. The van der Waals surface area contributed by atoms with Crippen LogP contribution in [0.5, 0.6) is 0 Å². The summed E-state index contributed by atoms with van der Waals surface area (Å²) in [5, 5.41) is 9.03. The number of carboxylic acid groups (broad SMARTS) is 1. The van der Waals surface area contributed by atoms with Gasteiger partial charge in [0.15, 0.2) is 0 Å². The Labute approximate surface area is 108 Å². The van der Waals surface area contributed by atoms with Crippen molar-refractivity contribution in [2.45, 2.75) is 39.2 Å². The molecule has 2 unspecified atom stereocenters. The van der Waals surface area contributed by atoms with Crippen molar-refractivity contribution in [3.8, 4) is 0 Å². The molecule has 0 aliphatic carbocycles. The molecule has 0 amide bonds. The van der Waals surface area contributed by atoms with Gasteiger partial charge in [-0.2, -0.15) is 0 Å². The summed E-state index contributed by atoms with van der Waals surface area (Å²) in [5.41, 5.74) is 2.57. The van der Waals surface area contributed by atoms with Crippen LogP contribution in [0.1, 0.15) is 32.3 Å². The molecule has 98 valence electrons. The molecule has 1 aliphatic rings. The number of nitrogens with zero attached hydrogens (tertiary/aromatic N) is 1. The summed E-state index contributed by atoms with van der Waals surface area (Å²) in [7, 11) is 0. The Kier molecular flexibility index (Phi) is 3.90. The summed E-state index contributed by atoms with van der Waals surface area (Å²) in [4.78, 5) is 13.3. The summed E-state index contributed by atoms with van der Waals surface area (Å²) in [6, 6.07) is 8.48. The normalized spacial score (nSPS) is 20.3. The van der Waals surface area contributed by atoms with Crippen LogP contribution in [0.3, 0.4) is 0 Å². The molecule has 1 aromatic rings. The molecule has 0 radical (unpaired) electrons. The van der Waals surface area contributed by atoms with Gasteiger partial charge in [0.05, 0.1) is 6.42 Å². The molecule has 0 fully saturated rings. The molecule has 18 heavy (non-hydrogen) atoms. The number of rotatable bonds is 4. The summed E-state index contributed by atoms with van der Waals surface area (Å²) in [5.74, 6) is -0.125. The zero-order valence-corrected chi connectivity index (χ0v) is 11.1. The highest BCUT2D eigenvalue weighted by molar-refractivity contribution is 5.69. The Morgan fingerprint density at radius 1 is 1.50 bits per heavy atom. The van der Waals surface area contributed by atoms with Gasteiger partial charge < -0.3 is 10.0 Å². The molecular weight excluding hydrogens is 226 g/mol.